The maximum atomic E-state index is 12.4. The van der Waals surface area contributed by atoms with Gasteiger partial charge in [-0.2, -0.15) is 0 Å². The number of likely N-dealkylation sites (tertiary alicyclic amines) is 1. The summed E-state index contributed by atoms with van der Waals surface area (Å²) in [7, 11) is -3.24. The molecule has 7 heteroatoms. The summed E-state index contributed by atoms with van der Waals surface area (Å²) < 4.78 is 25.1. The van der Waals surface area contributed by atoms with Crippen LogP contribution in [-0.4, -0.2) is 50.2 Å². The van der Waals surface area contributed by atoms with Crippen molar-refractivity contribution in [3.63, 3.8) is 0 Å². The van der Waals surface area contributed by atoms with Crippen molar-refractivity contribution in [1.82, 2.24) is 9.62 Å². The third kappa shape index (κ3) is 4.43. The molecular formula is C12H25N3O3S. The van der Waals surface area contributed by atoms with Crippen LogP contribution in [0.2, 0.25) is 0 Å². The highest BCUT2D eigenvalue weighted by Crippen LogP contribution is 2.19. The summed E-state index contributed by atoms with van der Waals surface area (Å²) in [6, 6.07) is -0.203. The number of nitrogens with one attached hydrogen (secondary N) is 1. The first kappa shape index (κ1) is 16.4. The van der Waals surface area contributed by atoms with E-state index in [2.05, 4.69) is 4.72 Å². The molecule has 0 saturated carbocycles. The van der Waals surface area contributed by atoms with Crippen LogP contribution in [0.4, 0.5) is 0 Å². The van der Waals surface area contributed by atoms with Gasteiger partial charge in [0.1, 0.15) is 0 Å². The Labute approximate surface area is 115 Å². The smallest absolute Gasteiger partial charge is 0.242 e. The van der Waals surface area contributed by atoms with Crippen LogP contribution in [0.1, 0.15) is 39.5 Å². The zero-order chi connectivity index (χ0) is 14.7. The summed E-state index contributed by atoms with van der Waals surface area (Å²) in [6.45, 7) is 4.86. The molecule has 0 aliphatic carbocycles. The molecule has 0 aromatic rings. The third-order valence-corrected chi connectivity index (χ3v) is 4.54. The zero-order valence-electron chi connectivity index (χ0n) is 12.0. The van der Waals surface area contributed by atoms with Crippen LogP contribution in [0.25, 0.3) is 0 Å². The number of carbonyl (C=O) groups excluding carboxylic acids is 1. The monoisotopic (exact) mass is 291 g/mol. The first-order valence-corrected chi connectivity index (χ1v) is 8.66. The maximum Gasteiger partial charge on any atom is 0.242 e. The minimum absolute atomic E-state index is 0.0718. The number of sulfonamides is 1. The first-order valence-electron chi connectivity index (χ1n) is 6.77. The van der Waals surface area contributed by atoms with Crippen molar-refractivity contribution < 1.29 is 13.2 Å². The number of carbonyl (C=O) groups is 1. The Balaban J connectivity index is 2.72. The fraction of sp³-hybridized carbons (Fsp3) is 0.917. The number of nitrogens with two attached hydrogens (primary N) is 1. The van der Waals surface area contributed by atoms with E-state index in [1.807, 2.05) is 13.8 Å². The Morgan fingerprint density at radius 2 is 2.00 bits per heavy atom. The molecule has 1 fully saturated rings. The highest BCUT2D eigenvalue weighted by molar-refractivity contribution is 7.88. The van der Waals surface area contributed by atoms with Gasteiger partial charge in [0.15, 0.2) is 0 Å². The lowest BCUT2D eigenvalue weighted by molar-refractivity contribution is -0.138. The molecule has 1 amide bonds. The maximum absolute atomic E-state index is 12.4. The molecule has 0 radical (unpaired) electrons. The van der Waals surface area contributed by atoms with Crippen molar-refractivity contribution in [2.45, 2.75) is 51.1 Å². The predicted octanol–water partition coefficient (Wildman–Crippen LogP) is 0.0441. The normalized spacial score (nSPS) is 21.5. The van der Waals surface area contributed by atoms with E-state index in [1.54, 1.807) is 4.90 Å². The van der Waals surface area contributed by atoms with Crippen molar-refractivity contribution >= 4 is 15.9 Å². The van der Waals surface area contributed by atoms with Crippen molar-refractivity contribution in [2.24, 2.45) is 5.73 Å². The lowest BCUT2D eigenvalue weighted by atomic mass is 9.91. The van der Waals surface area contributed by atoms with E-state index < -0.39 is 15.6 Å². The minimum Gasteiger partial charge on any atom is -0.340 e. The molecule has 6 nitrogen and oxygen atoms in total. The molecule has 1 atom stereocenters. The van der Waals surface area contributed by atoms with Crippen LogP contribution < -0.4 is 10.5 Å². The van der Waals surface area contributed by atoms with Crippen LogP contribution in [0.15, 0.2) is 0 Å². The highest BCUT2D eigenvalue weighted by Gasteiger charge is 2.36. The molecule has 1 saturated heterocycles. The number of piperidine rings is 1. The van der Waals surface area contributed by atoms with Gasteiger partial charge in [0.25, 0.3) is 0 Å². The highest BCUT2D eigenvalue weighted by atomic mass is 32.2. The van der Waals surface area contributed by atoms with Crippen molar-refractivity contribution in [3.8, 4) is 0 Å². The van der Waals surface area contributed by atoms with Gasteiger partial charge >= 0.3 is 0 Å². The standard InChI is InChI=1S/C12H25N3O3S/c1-4-12(13,5-2)11(16)15-8-6-7-10(9-15)14-19(3,17)18/h10,14H,4-9,13H2,1-3H3. The van der Waals surface area contributed by atoms with Crippen LogP contribution in [0.3, 0.4) is 0 Å². The number of rotatable bonds is 5. The molecule has 1 heterocycles. The van der Waals surface area contributed by atoms with E-state index in [9.17, 15) is 13.2 Å². The van der Waals surface area contributed by atoms with Crippen molar-refractivity contribution in [1.29, 1.82) is 0 Å². The molecule has 112 valence electrons. The number of nitrogens with zero attached hydrogens (tertiary/aromatic N) is 1. The topological polar surface area (TPSA) is 92.5 Å². The Hall–Kier alpha value is -0.660. The molecule has 1 aliphatic rings. The second-order valence-corrected chi connectivity index (χ2v) is 7.12. The summed E-state index contributed by atoms with van der Waals surface area (Å²) in [5, 5.41) is 0. The molecule has 0 aromatic carbocycles. The molecule has 1 rings (SSSR count). The summed E-state index contributed by atoms with van der Waals surface area (Å²) in [6.07, 6.45) is 3.86. The largest absolute Gasteiger partial charge is 0.340 e. The van der Waals surface area contributed by atoms with Crippen LogP contribution in [0, 0.1) is 0 Å². The molecular weight excluding hydrogens is 266 g/mol. The SMILES string of the molecule is CCC(N)(CC)C(=O)N1CCCC(NS(C)(=O)=O)C1. The van der Waals surface area contributed by atoms with E-state index in [1.165, 1.54) is 0 Å². The lowest BCUT2D eigenvalue weighted by Gasteiger charge is -2.38. The third-order valence-electron chi connectivity index (χ3n) is 3.78. The molecule has 0 bridgehead atoms. The Morgan fingerprint density at radius 1 is 1.42 bits per heavy atom. The molecule has 0 aromatic heterocycles. The number of hydrogen-bond donors (Lipinski definition) is 2. The summed E-state index contributed by atoms with van der Waals surface area (Å²) in [4.78, 5) is 14.1. The summed E-state index contributed by atoms with van der Waals surface area (Å²) in [5.41, 5.74) is 5.29. The Kier molecular flexibility index (Phi) is 5.34. The van der Waals surface area contributed by atoms with E-state index in [-0.39, 0.29) is 11.9 Å². The average molecular weight is 291 g/mol. The van der Waals surface area contributed by atoms with Gasteiger partial charge in [-0.3, -0.25) is 4.79 Å². The molecule has 19 heavy (non-hydrogen) atoms. The molecule has 1 aliphatic heterocycles. The number of hydrogen-bond acceptors (Lipinski definition) is 4. The van der Waals surface area contributed by atoms with Gasteiger partial charge in [-0.05, 0) is 25.7 Å². The number of amides is 1. The van der Waals surface area contributed by atoms with E-state index in [0.717, 1.165) is 19.1 Å². The van der Waals surface area contributed by atoms with Gasteiger partial charge in [0, 0.05) is 19.1 Å². The van der Waals surface area contributed by atoms with Crippen molar-refractivity contribution in [3.05, 3.63) is 0 Å². The van der Waals surface area contributed by atoms with Gasteiger partial charge in [-0.1, -0.05) is 13.8 Å². The molecule has 3 N–H and O–H groups in total. The van der Waals surface area contributed by atoms with E-state index in [4.69, 9.17) is 5.73 Å². The second-order valence-electron chi connectivity index (χ2n) is 5.34. The Bertz CT molecular complexity index is 418. The second kappa shape index (κ2) is 6.19. The van der Waals surface area contributed by atoms with Gasteiger partial charge in [-0.15, -0.1) is 0 Å². The van der Waals surface area contributed by atoms with E-state index in [0.29, 0.717) is 25.9 Å². The fourth-order valence-corrected chi connectivity index (χ4v) is 3.23. The van der Waals surface area contributed by atoms with E-state index >= 15 is 0 Å². The van der Waals surface area contributed by atoms with Gasteiger partial charge in [0.05, 0.1) is 11.8 Å². The van der Waals surface area contributed by atoms with Gasteiger partial charge in [-0.25, -0.2) is 13.1 Å². The molecule has 0 spiro atoms. The first-order chi connectivity index (χ1) is 8.72. The molecule has 1 unspecified atom stereocenters. The predicted molar refractivity (Wildman–Crippen MR) is 75.1 cm³/mol. The fourth-order valence-electron chi connectivity index (χ4n) is 2.43. The van der Waals surface area contributed by atoms with Gasteiger partial charge in [0.2, 0.25) is 15.9 Å². The Morgan fingerprint density at radius 3 is 2.47 bits per heavy atom. The van der Waals surface area contributed by atoms with Crippen molar-refractivity contribution in [2.75, 3.05) is 19.3 Å². The average Bonchev–Trinajstić information content (AvgIpc) is 2.35. The summed E-state index contributed by atoms with van der Waals surface area (Å²) in [5.74, 6) is -0.0718. The van der Waals surface area contributed by atoms with Crippen LogP contribution in [0.5, 0.6) is 0 Å². The van der Waals surface area contributed by atoms with Crippen LogP contribution >= 0.6 is 0 Å². The lowest BCUT2D eigenvalue weighted by Crippen LogP contribution is -2.59. The summed E-state index contributed by atoms with van der Waals surface area (Å²) >= 11 is 0. The van der Waals surface area contributed by atoms with Crippen LogP contribution in [-0.2, 0) is 14.8 Å². The minimum atomic E-state index is -3.24. The quantitative estimate of drug-likeness (QED) is 0.748. The van der Waals surface area contributed by atoms with Gasteiger partial charge < -0.3 is 10.6 Å². The zero-order valence-corrected chi connectivity index (χ0v) is 12.8.